The Hall–Kier alpha value is -0.810. The molecule has 0 saturated heterocycles. The van der Waals surface area contributed by atoms with Gasteiger partial charge in [-0.2, -0.15) is 0 Å². The minimum absolute atomic E-state index is 0. The maximum Gasteiger partial charge on any atom is 0.512 e. The highest BCUT2D eigenvalue weighted by Crippen LogP contribution is 1.79. The molecule has 5 nitrogen and oxygen atoms in total. The third kappa shape index (κ3) is 22.9. The number of carbonyl (C=O) groups excluding carboxylic acids is 1. The van der Waals surface area contributed by atoms with Gasteiger partial charge in [0.15, 0.2) is 13.6 Å². The standard InChI is InChI=1S/C3H6O5.4CH4/c4-1-7-3(6)8-2-5;;;;/h4-5H,1-2H2;4*1H4. The molecule has 0 aliphatic carbocycles. The first-order valence-corrected chi connectivity index (χ1v) is 1.82. The van der Waals surface area contributed by atoms with Gasteiger partial charge in [0.1, 0.15) is 0 Å². The van der Waals surface area contributed by atoms with E-state index in [0.717, 1.165) is 0 Å². The second-order valence-corrected chi connectivity index (χ2v) is 0.797. The summed E-state index contributed by atoms with van der Waals surface area (Å²) in [5, 5.41) is 15.7. The predicted molar refractivity (Wildman–Crippen MR) is 48.7 cm³/mol. The maximum absolute atomic E-state index is 9.88. The molecule has 0 fully saturated rings. The SMILES string of the molecule is C.C.C.C.O=C(OCO)OCO. The van der Waals surface area contributed by atoms with Gasteiger partial charge in [0.05, 0.1) is 0 Å². The van der Waals surface area contributed by atoms with Gasteiger partial charge in [0.25, 0.3) is 0 Å². The summed E-state index contributed by atoms with van der Waals surface area (Å²) in [7, 11) is 0. The molecule has 0 bridgehead atoms. The molecular formula is C7H22O5. The van der Waals surface area contributed by atoms with Crippen molar-refractivity contribution < 1.29 is 24.5 Å². The van der Waals surface area contributed by atoms with Crippen LogP contribution in [0.2, 0.25) is 0 Å². The van der Waals surface area contributed by atoms with Gasteiger partial charge >= 0.3 is 6.16 Å². The summed E-state index contributed by atoms with van der Waals surface area (Å²) in [5.74, 6) is 0. The molecular weight excluding hydrogens is 164 g/mol. The Bertz CT molecular complexity index is 66.2. The molecule has 0 aliphatic heterocycles. The highest BCUT2D eigenvalue weighted by atomic mass is 16.8. The molecule has 0 unspecified atom stereocenters. The van der Waals surface area contributed by atoms with E-state index in [1.165, 1.54) is 0 Å². The minimum atomic E-state index is -1.09. The van der Waals surface area contributed by atoms with Crippen molar-refractivity contribution in [2.45, 2.75) is 29.7 Å². The quantitative estimate of drug-likeness (QED) is 0.506. The van der Waals surface area contributed by atoms with Gasteiger partial charge in [0.2, 0.25) is 0 Å². The zero-order valence-electron chi connectivity index (χ0n) is 4.03. The summed E-state index contributed by atoms with van der Waals surface area (Å²) in [5.41, 5.74) is 0. The van der Waals surface area contributed by atoms with Crippen LogP contribution in [0.4, 0.5) is 4.79 Å². The summed E-state index contributed by atoms with van der Waals surface area (Å²) in [6, 6.07) is 0. The van der Waals surface area contributed by atoms with E-state index in [1.807, 2.05) is 0 Å². The van der Waals surface area contributed by atoms with E-state index in [9.17, 15) is 4.79 Å². The fraction of sp³-hybridized carbons (Fsp3) is 0.857. The van der Waals surface area contributed by atoms with Gasteiger partial charge in [-0.15, -0.1) is 0 Å². The zero-order valence-corrected chi connectivity index (χ0v) is 4.03. The third-order valence-electron chi connectivity index (χ3n) is 0.365. The maximum atomic E-state index is 9.88. The summed E-state index contributed by atoms with van der Waals surface area (Å²) < 4.78 is 7.63. The van der Waals surface area contributed by atoms with Crippen molar-refractivity contribution in [1.29, 1.82) is 0 Å². The predicted octanol–water partition coefficient (Wildman–Crippen LogP) is 1.58. The fourth-order valence-electron chi connectivity index (χ4n) is 0.147. The number of ether oxygens (including phenoxy) is 2. The molecule has 80 valence electrons. The van der Waals surface area contributed by atoms with E-state index >= 15 is 0 Å². The summed E-state index contributed by atoms with van der Waals surface area (Å²) >= 11 is 0. The molecule has 0 aromatic heterocycles. The lowest BCUT2D eigenvalue weighted by Gasteiger charge is -1.97. The second kappa shape index (κ2) is 22.5. The number of hydrogen-bond donors (Lipinski definition) is 2. The van der Waals surface area contributed by atoms with Gasteiger partial charge in [-0.3, -0.25) is 0 Å². The van der Waals surface area contributed by atoms with Gasteiger partial charge in [-0.05, 0) is 0 Å². The Labute approximate surface area is 74.9 Å². The average Bonchev–Trinajstić information content (AvgIpc) is 1.68. The van der Waals surface area contributed by atoms with Crippen molar-refractivity contribution in [3.05, 3.63) is 0 Å². The van der Waals surface area contributed by atoms with Crippen LogP contribution in [0.15, 0.2) is 0 Å². The van der Waals surface area contributed by atoms with Crippen LogP contribution in [0, 0.1) is 0 Å². The van der Waals surface area contributed by atoms with Crippen molar-refractivity contribution in [3.8, 4) is 0 Å². The molecule has 0 radical (unpaired) electrons. The molecule has 0 spiro atoms. The molecule has 0 heterocycles. The van der Waals surface area contributed by atoms with Crippen LogP contribution >= 0.6 is 0 Å². The van der Waals surface area contributed by atoms with Crippen LogP contribution < -0.4 is 0 Å². The van der Waals surface area contributed by atoms with Crippen LogP contribution in [0.5, 0.6) is 0 Å². The van der Waals surface area contributed by atoms with E-state index in [-0.39, 0.29) is 29.7 Å². The van der Waals surface area contributed by atoms with Crippen molar-refractivity contribution >= 4 is 6.16 Å². The lowest BCUT2D eigenvalue weighted by molar-refractivity contribution is -0.0389. The molecule has 2 N–H and O–H groups in total. The van der Waals surface area contributed by atoms with Crippen LogP contribution in [-0.2, 0) is 9.47 Å². The van der Waals surface area contributed by atoms with E-state index in [0.29, 0.717) is 0 Å². The Kier molecular flexibility index (Phi) is 56.8. The lowest BCUT2D eigenvalue weighted by atomic mass is 11.2. The Balaban J connectivity index is -0.0000000408. The van der Waals surface area contributed by atoms with E-state index in [1.54, 1.807) is 0 Å². The molecule has 0 atom stereocenters. The van der Waals surface area contributed by atoms with Gasteiger partial charge in [-0.1, -0.05) is 29.7 Å². The summed E-state index contributed by atoms with van der Waals surface area (Å²) in [6.07, 6.45) is -1.09. The van der Waals surface area contributed by atoms with E-state index < -0.39 is 19.7 Å². The van der Waals surface area contributed by atoms with Crippen LogP contribution in [0.25, 0.3) is 0 Å². The zero-order chi connectivity index (χ0) is 6.41. The molecule has 0 aliphatic rings. The Morgan fingerprint density at radius 3 is 1.33 bits per heavy atom. The smallest absolute Gasteiger partial charge is 0.407 e. The van der Waals surface area contributed by atoms with Crippen LogP contribution in [0.3, 0.4) is 0 Å². The largest absolute Gasteiger partial charge is 0.512 e. The molecule has 12 heavy (non-hydrogen) atoms. The summed E-state index contributed by atoms with van der Waals surface area (Å²) in [6.45, 7) is -1.47. The topological polar surface area (TPSA) is 76.0 Å². The highest BCUT2D eigenvalue weighted by molar-refractivity contribution is 5.59. The van der Waals surface area contributed by atoms with Crippen molar-refractivity contribution in [2.24, 2.45) is 0 Å². The number of aliphatic hydroxyl groups excluding tert-OH is 2. The Morgan fingerprint density at radius 2 is 1.17 bits per heavy atom. The lowest BCUT2D eigenvalue weighted by Crippen LogP contribution is -2.08. The van der Waals surface area contributed by atoms with Gasteiger partial charge in [0, 0.05) is 0 Å². The number of aliphatic hydroxyl groups is 2. The molecule has 5 heteroatoms. The molecule has 0 aromatic carbocycles. The first kappa shape index (κ1) is 30.3. The molecule has 0 aromatic rings. The normalized spacial score (nSPS) is 5.50. The van der Waals surface area contributed by atoms with Crippen molar-refractivity contribution in [1.82, 2.24) is 0 Å². The number of hydrogen-bond acceptors (Lipinski definition) is 5. The van der Waals surface area contributed by atoms with Crippen LogP contribution in [-0.4, -0.2) is 30.0 Å². The first-order chi connectivity index (χ1) is 3.81. The van der Waals surface area contributed by atoms with Crippen molar-refractivity contribution in [2.75, 3.05) is 13.6 Å². The third-order valence-corrected chi connectivity index (χ3v) is 0.365. The van der Waals surface area contributed by atoms with Gasteiger partial charge < -0.3 is 19.7 Å². The number of carbonyl (C=O) groups is 1. The minimum Gasteiger partial charge on any atom is -0.407 e. The Morgan fingerprint density at radius 1 is 0.917 bits per heavy atom. The first-order valence-electron chi connectivity index (χ1n) is 1.82. The average molecular weight is 186 g/mol. The fourth-order valence-corrected chi connectivity index (χ4v) is 0.147. The van der Waals surface area contributed by atoms with E-state index in [4.69, 9.17) is 10.2 Å². The van der Waals surface area contributed by atoms with E-state index in [2.05, 4.69) is 9.47 Å². The number of rotatable bonds is 2. The molecule has 0 rings (SSSR count). The highest BCUT2D eigenvalue weighted by Gasteiger charge is 1.97. The van der Waals surface area contributed by atoms with Crippen molar-refractivity contribution in [3.63, 3.8) is 0 Å². The summed E-state index contributed by atoms with van der Waals surface area (Å²) in [4.78, 5) is 9.88. The second-order valence-electron chi connectivity index (χ2n) is 0.797. The molecule has 0 saturated carbocycles. The van der Waals surface area contributed by atoms with Gasteiger partial charge in [-0.25, -0.2) is 4.79 Å². The molecule has 0 amide bonds. The monoisotopic (exact) mass is 186 g/mol. The van der Waals surface area contributed by atoms with Crippen LogP contribution in [0.1, 0.15) is 29.7 Å².